The van der Waals surface area contributed by atoms with Gasteiger partial charge in [0.05, 0.1) is 5.69 Å². The summed E-state index contributed by atoms with van der Waals surface area (Å²) in [6.45, 7) is 5.11. The molecule has 0 aliphatic carbocycles. The molecule has 0 atom stereocenters. The highest BCUT2D eigenvalue weighted by molar-refractivity contribution is 6.02. The van der Waals surface area contributed by atoms with Gasteiger partial charge >= 0.3 is 0 Å². The first-order valence-electron chi connectivity index (χ1n) is 7.88. The van der Waals surface area contributed by atoms with Crippen molar-refractivity contribution in [2.45, 2.75) is 32.6 Å². The second kappa shape index (κ2) is 8.33. The van der Waals surface area contributed by atoms with Crippen LogP contribution in [0.4, 0.5) is 5.69 Å². The number of nitrogens with one attached hydrogen (secondary N) is 1. The van der Waals surface area contributed by atoms with Crippen molar-refractivity contribution >= 4 is 11.6 Å². The molecule has 6 nitrogen and oxygen atoms in total. The van der Waals surface area contributed by atoms with Crippen LogP contribution in [0.2, 0.25) is 0 Å². The fourth-order valence-corrected chi connectivity index (χ4v) is 2.30. The van der Waals surface area contributed by atoms with Gasteiger partial charge in [-0.2, -0.15) is 0 Å². The van der Waals surface area contributed by atoms with Crippen LogP contribution < -0.4 is 15.8 Å². The van der Waals surface area contributed by atoms with E-state index in [9.17, 15) is 4.79 Å². The minimum Gasteiger partial charge on any atom is -0.492 e. The maximum absolute atomic E-state index is 12.2. The maximum atomic E-state index is 12.2. The van der Waals surface area contributed by atoms with E-state index in [-0.39, 0.29) is 11.7 Å². The first-order valence-corrected chi connectivity index (χ1v) is 7.88. The molecule has 0 bridgehead atoms. The van der Waals surface area contributed by atoms with E-state index in [0.29, 0.717) is 30.5 Å². The number of rotatable bonds is 8. The fraction of sp³-hybridized carbons (Fsp3) is 0.412. The Labute approximate surface area is 136 Å². The summed E-state index contributed by atoms with van der Waals surface area (Å²) in [7, 11) is 0. The summed E-state index contributed by atoms with van der Waals surface area (Å²) in [5, 5.41) is 6.78. The van der Waals surface area contributed by atoms with Gasteiger partial charge in [-0.1, -0.05) is 19.0 Å². The lowest BCUT2D eigenvalue weighted by Gasteiger charge is -2.06. The van der Waals surface area contributed by atoms with E-state index in [1.165, 1.54) is 0 Å². The molecule has 0 fully saturated rings. The highest BCUT2D eigenvalue weighted by Gasteiger charge is 2.17. The van der Waals surface area contributed by atoms with Gasteiger partial charge in [-0.25, -0.2) is 0 Å². The number of carbonyl (C=O) groups is 1. The summed E-state index contributed by atoms with van der Waals surface area (Å²) in [4.78, 5) is 12.2. The van der Waals surface area contributed by atoms with E-state index >= 15 is 0 Å². The molecule has 1 aromatic heterocycles. The van der Waals surface area contributed by atoms with Crippen LogP contribution >= 0.6 is 0 Å². The molecule has 2 rings (SSSR count). The number of ether oxygens (including phenoxy) is 1. The highest BCUT2D eigenvalue weighted by atomic mass is 16.5. The molecule has 0 unspecified atom stereocenters. The zero-order valence-corrected chi connectivity index (χ0v) is 13.5. The number of nitrogens with zero attached hydrogens (tertiary/aromatic N) is 1. The third kappa shape index (κ3) is 4.56. The van der Waals surface area contributed by atoms with Gasteiger partial charge in [-0.15, -0.1) is 0 Å². The standard InChI is InChI=1S/C17H23N3O3/c1-3-12(4-2)15-11-16(23-20-15)17(21)19-13-5-7-14(8-6-13)22-10-9-18/h5-8,11-12H,3-4,9-10,18H2,1-2H3,(H,19,21). The number of aromatic nitrogens is 1. The van der Waals surface area contributed by atoms with Gasteiger partial charge in [0.15, 0.2) is 0 Å². The SMILES string of the molecule is CCC(CC)c1cc(C(=O)Nc2ccc(OCCN)cc2)on1. The summed E-state index contributed by atoms with van der Waals surface area (Å²) in [5.41, 5.74) is 6.87. The van der Waals surface area contributed by atoms with Crippen molar-refractivity contribution in [3.8, 4) is 5.75 Å². The number of nitrogens with two attached hydrogens (primary N) is 1. The fourth-order valence-electron chi connectivity index (χ4n) is 2.30. The van der Waals surface area contributed by atoms with Gasteiger partial charge in [-0.3, -0.25) is 4.79 Å². The van der Waals surface area contributed by atoms with Gasteiger partial charge in [0.1, 0.15) is 12.4 Å². The number of benzene rings is 1. The average molecular weight is 317 g/mol. The predicted molar refractivity (Wildman–Crippen MR) is 88.8 cm³/mol. The highest BCUT2D eigenvalue weighted by Crippen LogP contribution is 2.23. The number of amides is 1. The smallest absolute Gasteiger partial charge is 0.294 e. The zero-order valence-electron chi connectivity index (χ0n) is 13.5. The van der Waals surface area contributed by atoms with E-state index in [4.69, 9.17) is 15.0 Å². The Morgan fingerprint density at radius 3 is 2.61 bits per heavy atom. The van der Waals surface area contributed by atoms with Gasteiger partial charge in [-0.05, 0) is 37.1 Å². The van der Waals surface area contributed by atoms with Crippen molar-refractivity contribution in [3.63, 3.8) is 0 Å². The molecule has 23 heavy (non-hydrogen) atoms. The van der Waals surface area contributed by atoms with Crippen LogP contribution in [-0.2, 0) is 0 Å². The largest absolute Gasteiger partial charge is 0.492 e. The normalized spacial score (nSPS) is 10.8. The Bertz CT molecular complexity index is 618. The monoisotopic (exact) mass is 317 g/mol. The lowest BCUT2D eigenvalue weighted by atomic mass is 9.99. The molecular formula is C17H23N3O3. The van der Waals surface area contributed by atoms with E-state index < -0.39 is 0 Å². The van der Waals surface area contributed by atoms with Crippen molar-refractivity contribution in [2.24, 2.45) is 5.73 Å². The molecule has 1 aromatic carbocycles. The Balaban J connectivity index is 1.98. The molecule has 2 aromatic rings. The summed E-state index contributed by atoms with van der Waals surface area (Å²) in [6, 6.07) is 8.80. The molecule has 1 amide bonds. The molecular weight excluding hydrogens is 294 g/mol. The number of anilines is 1. The average Bonchev–Trinajstić information content (AvgIpc) is 3.05. The topological polar surface area (TPSA) is 90.4 Å². The Morgan fingerprint density at radius 2 is 2.00 bits per heavy atom. The van der Waals surface area contributed by atoms with Gasteiger partial charge in [0.25, 0.3) is 5.91 Å². The Morgan fingerprint density at radius 1 is 1.30 bits per heavy atom. The zero-order chi connectivity index (χ0) is 16.7. The van der Waals surface area contributed by atoms with Crippen LogP contribution in [0.5, 0.6) is 5.75 Å². The van der Waals surface area contributed by atoms with Crippen molar-refractivity contribution in [1.82, 2.24) is 5.16 Å². The third-order valence-electron chi connectivity index (χ3n) is 3.65. The number of hydrogen-bond donors (Lipinski definition) is 2. The molecule has 6 heteroatoms. The van der Waals surface area contributed by atoms with Gasteiger partial charge < -0.3 is 20.3 Å². The van der Waals surface area contributed by atoms with Crippen LogP contribution in [0.25, 0.3) is 0 Å². The minimum atomic E-state index is -0.315. The molecule has 0 radical (unpaired) electrons. The van der Waals surface area contributed by atoms with Crippen LogP contribution in [0.1, 0.15) is 48.9 Å². The van der Waals surface area contributed by atoms with Crippen LogP contribution in [0.15, 0.2) is 34.9 Å². The van der Waals surface area contributed by atoms with Crippen molar-refractivity contribution in [1.29, 1.82) is 0 Å². The Kier molecular flexibility index (Phi) is 6.17. The second-order valence-corrected chi connectivity index (χ2v) is 5.25. The lowest BCUT2D eigenvalue weighted by molar-refractivity contribution is 0.0987. The van der Waals surface area contributed by atoms with E-state index in [1.54, 1.807) is 30.3 Å². The summed E-state index contributed by atoms with van der Waals surface area (Å²) in [5.74, 6) is 0.934. The molecule has 0 spiro atoms. The molecule has 0 saturated carbocycles. The quantitative estimate of drug-likeness (QED) is 0.780. The van der Waals surface area contributed by atoms with Gasteiger partial charge in [0.2, 0.25) is 5.76 Å². The molecule has 1 heterocycles. The van der Waals surface area contributed by atoms with Crippen molar-refractivity contribution < 1.29 is 14.1 Å². The molecule has 0 aliphatic heterocycles. The minimum absolute atomic E-state index is 0.218. The first-order chi connectivity index (χ1) is 11.2. The summed E-state index contributed by atoms with van der Waals surface area (Å²) < 4.78 is 10.5. The van der Waals surface area contributed by atoms with E-state index in [1.807, 2.05) is 0 Å². The van der Waals surface area contributed by atoms with E-state index in [2.05, 4.69) is 24.3 Å². The van der Waals surface area contributed by atoms with Crippen LogP contribution in [0, 0.1) is 0 Å². The van der Waals surface area contributed by atoms with Gasteiger partial charge in [0, 0.05) is 24.2 Å². The molecule has 124 valence electrons. The first kappa shape index (κ1) is 17.0. The number of carbonyl (C=O) groups excluding carboxylic acids is 1. The summed E-state index contributed by atoms with van der Waals surface area (Å²) in [6.07, 6.45) is 1.93. The molecule has 3 N–H and O–H groups in total. The van der Waals surface area contributed by atoms with Crippen molar-refractivity contribution in [3.05, 3.63) is 41.8 Å². The second-order valence-electron chi connectivity index (χ2n) is 5.25. The third-order valence-corrected chi connectivity index (χ3v) is 3.65. The maximum Gasteiger partial charge on any atom is 0.294 e. The summed E-state index contributed by atoms with van der Waals surface area (Å²) >= 11 is 0. The molecule has 0 aliphatic rings. The lowest BCUT2D eigenvalue weighted by Crippen LogP contribution is -2.12. The predicted octanol–water partition coefficient (Wildman–Crippen LogP) is 3.17. The van der Waals surface area contributed by atoms with Crippen LogP contribution in [0.3, 0.4) is 0 Å². The van der Waals surface area contributed by atoms with Crippen molar-refractivity contribution in [2.75, 3.05) is 18.5 Å². The van der Waals surface area contributed by atoms with E-state index in [0.717, 1.165) is 18.5 Å². The molecule has 0 saturated heterocycles. The van der Waals surface area contributed by atoms with Crippen LogP contribution in [-0.4, -0.2) is 24.2 Å². The number of hydrogen-bond acceptors (Lipinski definition) is 5. The Hall–Kier alpha value is -2.34.